The molecular formula is C4H12N2O4Pt. The van der Waals surface area contributed by atoms with Crippen LogP contribution in [-0.4, -0.2) is 11.9 Å². The van der Waals surface area contributed by atoms with Crippen molar-refractivity contribution in [2.45, 2.75) is 13.8 Å². The molecule has 0 aromatic rings. The number of carboxylic acids is 2. The molecule has 0 fully saturated rings. The van der Waals surface area contributed by atoms with Crippen LogP contribution in [0.5, 0.6) is 0 Å². The van der Waals surface area contributed by atoms with Crippen molar-refractivity contribution in [3.63, 3.8) is 0 Å². The molecule has 0 aliphatic carbocycles. The zero-order chi connectivity index (χ0) is 7.15. The zero-order valence-electron chi connectivity index (χ0n) is 6.36. The van der Waals surface area contributed by atoms with E-state index in [-0.39, 0.29) is 33.4 Å². The predicted molar refractivity (Wildman–Crippen MR) is 31.4 cm³/mol. The molecule has 0 amide bonds. The number of hydrogen-bond acceptors (Lipinski definition) is 6. The maximum absolute atomic E-state index is 8.89. The molecule has 0 rings (SSSR count). The topological polar surface area (TPSA) is 150 Å². The average Bonchev–Trinajstić information content (AvgIpc) is 1.25. The minimum atomic E-state index is -1.08. The molecule has 0 heterocycles. The van der Waals surface area contributed by atoms with Crippen LogP contribution in [0, 0.1) is 0 Å². The molecule has 0 unspecified atom stereocenters. The fraction of sp³-hybridized carbons (Fsp3) is 0.500. The third-order valence-corrected chi connectivity index (χ3v) is 0. The maximum atomic E-state index is 8.89. The summed E-state index contributed by atoms with van der Waals surface area (Å²) < 4.78 is 0. The number of rotatable bonds is 0. The average molecular weight is 347 g/mol. The van der Waals surface area contributed by atoms with Gasteiger partial charge in [0, 0.05) is 11.9 Å². The Hall–Kier alpha value is -0.452. The quantitative estimate of drug-likeness (QED) is 0.509. The standard InChI is InChI=1S/2C2H4O2.2H3N.Pt/c2*1-2(3)4;;;/h2*1H3,(H,3,4);2*1H3;/q;;;;+2/p-2. The summed E-state index contributed by atoms with van der Waals surface area (Å²) in [5.41, 5.74) is 0. The van der Waals surface area contributed by atoms with E-state index in [1.165, 1.54) is 0 Å². The Labute approximate surface area is 79.4 Å². The summed E-state index contributed by atoms with van der Waals surface area (Å²) in [5.74, 6) is -2.17. The predicted octanol–water partition coefficient (Wildman–Crippen LogP) is -2.17. The van der Waals surface area contributed by atoms with Gasteiger partial charge >= 0.3 is 21.1 Å². The van der Waals surface area contributed by atoms with Gasteiger partial charge < -0.3 is 32.1 Å². The Morgan fingerprint density at radius 1 is 0.909 bits per heavy atom. The second kappa shape index (κ2) is 22.7. The third-order valence-electron chi connectivity index (χ3n) is 0. The molecule has 0 aromatic heterocycles. The monoisotopic (exact) mass is 347 g/mol. The minimum Gasteiger partial charge on any atom is -0.550 e. The molecule has 0 bridgehead atoms. The Balaban J connectivity index is -0.0000000171. The van der Waals surface area contributed by atoms with E-state index in [2.05, 4.69) is 0 Å². The minimum absolute atomic E-state index is 0. The van der Waals surface area contributed by atoms with Gasteiger partial charge in [0.05, 0.1) is 0 Å². The summed E-state index contributed by atoms with van der Waals surface area (Å²) in [5, 5.41) is 17.8. The SMILES string of the molecule is CC(=O)[O-].CC(=O)[O-].N.N.[Pt+2]. The summed E-state index contributed by atoms with van der Waals surface area (Å²) >= 11 is 0. The van der Waals surface area contributed by atoms with E-state index in [9.17, 15) is 0 Å². The van der Waals surface area contributed by atoms with Gasteiger partial charge in [-0.2, -0.15) is 0 Å². The molecule has 6 N–H and O–H groups in total. The van der Waals surface area contributed by atoms with Gasteiger partial charge in [0.1, 0.15) is 0 Å². The molecule has 7 heteroatoms. The van der Waals surface area contributed by atoms with Gasteiger partial charge in [-0.15, -0.1) is 0 Å². The van der Waals surface area contributed by atoms with Crippen molar-refractivity contribution < 1.29 is 40.9 Å². The van der Waals surface area contributed by atoms with Crippen molar-refractivity contribution in [1.29, 1.82) is 0 Å². The van der Waals surface area contributed by atoms with Gasteiger partial charge in [0.15, 0.2) is 0 Å². The van der Waals surface area contributed by atoms with E-state index in [4.69, 9.17) is 19.8 Å². The normalized spacial score (nSPS) is 4.55. The molecule has 0 radical (unpaired) electrons. The van der Waals surface area contributed by atoms with Crippen LogP contribution in [0.25, 0.3) is 0 Å². The Morgan fingerprint density at radius 2 is 0.909 bits per heavy atom. The molecule has 11 heavy (non-hydrogen) atoms. The molecular weight excluding hydrogens is 335 g/mol. The second-order valence-electron chi connectivity index (χ2n) is 0.983. The number of aliphatic carboxylic acids is 2. The molecule has 72 valence electrons. The van der Waals surface area contributed by atoms with Crippen LogP contribution in [0.15, 0.2) is 0 Å². The molecule has 0 atom stereocenters. The van der Waals surface area contributed by atoms with Crippen LogP contribution < -0.4 is 22.5 Å². The second-order valence-corrected chi connectivity index (χ2v) is 0.983. The molecule has 0 saturated heterocycles. The molecule has 0 saturated carbocycles. The van der Waals surface area contributed by atoms with Crippen molar-refractivity contribution in [1.82, 2.24) is 12.3 Å². The first-order valence-corrected chi connectivity index (χ1v) is 1.82. The largest absolute Gasteiger partial charge is 2.00 e. The molecule has 0 spiro atoms. The maximum Gasteiger partial charge on any atom is 2.00 e. The van der Waals surface area contributed by atoms with Crippen molar-refractivity contribution >= 4 is 11.9 Å². The van der Waals surface area contributed by atoms with E-state index in [0.29, 0.717) is 0 Å². The van der Waals surface area contributed by atoms with Crippen molar-refractivity contribution in [3.05, 3.63) is 0 Å². The smallest absolute Gasteiger partial charge is 0.550 e. The van der Waals surface area contributed by atoms with Gasteiger partial charge in [-0.1, -0.05) is 0 Å². The first-order chi connectivity index (χ1) is 3.46. The van der Waals surface area contributed by atoms with E-state index >= 15 is 0 Å². The van der Waals surface area contributed by atoms with E-state index in [1.54, 1.807) is 0 Å². The van der Waals surface area contributed by atoms with Crippen LogP contribution in [-0.2, 0) is 30.7 Å². The van der Waals surface area contributed by atoms with Gasteiger partial charge in [0.2, 0.25) is 0 Å². The van der Waals surface area contributed by atoms with Gasteiger partial charge in [-0.3, -0.25) is 0 Å². The Morgan fingerprint density at radius 3 is 0.909 bits per heavy atom. The summed E-state index contributed by atoms with van der Waals surface area (Å²) in [6, 6.07) is 0. The number of carboxylic acid groups (broad SMARTS) is 2. The molecule has 0 aliphatic rings. The molecule has 0 aliphatic heterocycles. The first kappa shape index (κ1) is 31.2. The fourth-order valence-electron chi connectivity index (χ4n) is 0. The van der Waals surface area contributed by atoms with Crippen LogP contribution in [0.4, 0.5) is 0 Å². The van der Waals surface area contributed by atoms with Crippen molar-refractivity contribution in [2.75, 3.05) is 0 Å². The zero-order valence-corrected chi connectivity index (χ0v) is 8.64. The number of hydrogen-bond donors (Lipinski definition) is 2. The summed E-state index contributed by atoms with van der Waals surface area (Å²) in [6.07, 6.45) is 0. The fourth-order valence-corrected chi connectivity index (χ4v) is 0. The van der Waals surface area contributed by atoms with E-state index in [0.717, 1.165) is 13.8 Å². The van der Waals surface area contributed by atoms with Crippen LogP contribution in [0.3, 0.4) is 0 Å². The van der Waals surface area contributed by atoms with Gasteiger partial charge in [-0.05, 0) is 13.8 Å². The van der Waals surface area contributed by atoms with Crippen LogP contribution in [0.1, 0.15) is 13.8 Å². The number of carbonyl (C=O) groups excluding carboxylic acids is 2. The van der Waals surface area contributed by atoms with Gasteiger partial charge in [0.25, 0.3) is 0 Å². The van der Waals surface area contributed by atoms with Crippen LogP contribution >= 0.6 is 0 Å². The molecule has 6 nitrogen and oxygen atoms in total. The first-order valence-electron chi connectivity index (χ1n) is 1.82. The van der Waals surface area contributed by atoms with Crippen molar-refractivity contribution in [3.8, 4) is 0 Å². The number of carbonyl (C=O) groups is 2. The van der Waals surface area contributed by atoms with Gasteiger partial charge in [-0.25, -0.2) is 0 Å². The summed E-state index contributed by atoms with van der Waals surface area (Å²) in [6.45, 7) is 1.94. The van der Waals surface area contributed by atoms with E-state index in [1.807, 2.05) is 0 Å². The van der Waals surface area contributed by atoms with E-state index < -0.39 is 11.9 Å². The third kappa shape index (κ3) is 2670. The molecule has 0 aromatic carbocycles. The Bertz CT molecular complexity index is 78.1. The van der Waals surface area contributed by atoms with Crippen LogP contribution in [0.2, 0.25) is 0 Å². The van der Waals surface area contributed by atoms with Crippen molar-refractivity contribution in [2.24, 2.45) is 0 Å². The summed E-state index contributed by atoms with van der Waals surface area (Å²) in [4.78, 5) is 17.8. The summed E-state index contributed by atoms with van der Waals surface area (Å²) in [7, 11) is 0. The Kier molecular flexibility index (Phi) is 64.4.